The van der Waals surface area contributed by atoms with E-state index >= 15 is 0 Å². The van der Waals surface area contributed by atoms with Crippen LogP contribution in [0.15, 0.2) is 30.6 Å². The second-order valence-electron chi connectivity index (χ2n) is 12.1. The van der Waals surface area contributed by atoms with E-state index in [0.29, 0.717) is 34.2 Å². The highest BCUT2D eigenvalue weighted by Gasteiger charge is 2.29. The van der Waals surface area contributed by atoms with Gasteiger partial charge in [0, 0.05) is 41.5 Å². The summed E-state index contributed by atoms with van der Waals surface area (Å²) in [6.07, 6.45) is 3.22. The van der Waals surface area contributed by atoms with Gasteiger partial charge >= 0.3 is 6.18 Å². The second-order valence-corrected chi connectivity index (χ2v) is 13.3. The Morgan fingerprint density at radius 2 is 1.86 bits per heavy atom. The molecule has 0 radical (unpaired) electrons. The fraction of sp³-hybridized carbons (Fsp3) is 0.531. The van der Waals surface area contributed by atoms with Gasteiger partial charge in [-0.2, -0.15) is 18.4 Å². The summed E-state index contributed by atoms with van der Waals surface area (Å²) in [5, 5.41) is 26.0. The minimum Gasteiger partial charge on any atom is -0.391 e. The van der Waals surface area contributed by atoms with Crippen molar-refractivity contribution < 1.29 is 18.3 Å². The predicted molar refractivity (Wildman–Crippen MR) is 163 cm³/mol. The first-order valence-electron chi connectivity index (χ1n) is 15.2. The number of aliphatic hydroxyl groups is 1. The van der Waals surface area contributed by atoms with Crippen LogP contribution >= 0.6 is 11.3 Å². The molecule has 1 aromatic carbocycles. The van der Waals surface area contributed by atoms with E-state index in [4.69, 9.17) is 0 Å². The average molecular weight is 611 g/mol. The Morgan fingerprint density at radius 3 is 2.58 bits per heavy atom. The van der Waals surface area contributed by atoms with Crippen molar-refractivity contribution in [2.45, 2.75) is 89.7 Å². The van der Waals surface area contributed by atoms with E-state index in [1.807, 2.05) is 10.6 Å². The summed E-state index contributed by atoms with van der Waals surface area (Å²) < 4.78 is 40.7. The Hall–Kier alpha value is -3.20. The number of hydrogen-bond donors (Lipinski definition) is 2. The number of nitriles is 1. The first-order valence-corrected chi connectivity index (χ1v) is 16.0. The molecule has 2 fully saturated rings. The molecule has 0 amide bonds. The third-order valence-electron chi connectivity index (χ3n) is 9.22. The number of benzene rings is 1. The van der Waals surface area contributed by atoms with E-state index in [2.05, 4.69) is 45.3 Å². The average Bonchev–Trinajstić information content (AvgIpc) is 3.56. The molecule has 4 heterocycles. The van der Waals surface area contributed by atoms with E-state index < -0.39 is 18.7 Å². The third-order valence-corrected chi connectivity index (χ3v) is 10.3. The maximum atomic E-state index is 12.9. The first kappa shape index (κ1) is 29.9. The number of nitrogens with one attached hydrogen (secondary N) is 1. The number of alkyl halides is 3. The zero-order valence-electron chi connectivity index (χ0n) is 24.3. The SMILES string of the molecule is Cc1c(CN2CCC(Nc3ncnc4sc(CC(F)(F)F)cc34)CC2)ccc2c1cc(C#N)n2CC(O)C1CCCCC1. The van der Waals surface area contributed by atoms with Crippen molar-refractivity contribution in [3.05, 3.63) is 52.3 Å². The normalized spacial score (nSPS) is 18.3. The molecular formula is C32H37F3N6OS. The summed E-state index contributed by atoms with van der Waals surface area (Å²) in [4.78, 5) is 11.8. The number of piperidine rings is 1. The number of nitrogens with zero attached hydrogens (tertiary/aromatic N) is 5. The number of halogens is 3. The summed E-state index contributed by atoms with van der Waals surface area (Å²) in [5.41, 5.74) is 3.97. The Morgan fingerprint density at radius 1 is 1.09 bits per heavy atom. The van der Waals surface area contributed by atoms with Crippen LogP contribution in [0.4, 0.5) is 19.0 Å². The van der Waals surface area contributed by atoms with Gasteiger partial charge in [-0.25, -0.2) is 9.97 Å². The molecule has 1 aliphatic carbocycles. The minimum atomic E-state index is -4.25. The fourth-order valence-corrected chi connectivity index (χ4v) is 7.84. The summed E-state index contributed by atoms with van der Waals surface area (Å²) in [6.45, 7) is 5.12. The Kier molecular flexibility index (Phi) is 8.63. The van der Waals surface area contributed by atoms with Crippen molar-refractivity contribution in [2.75, 3.05) is 18.4 Å². The van der Waals surface area contributed by atoms with Crippen LogP contribution in [0.3, 0.4) is 0 Å². The summed E-state index contributed by atoms with van der Waals surface area (Å²) in [7, 11) is 0. The Labute approximate surface area is 253 Å². The lowest BCUT2D eigenvalue weighted by atomic mass is 9.85. The van der Waals surface area contributed by atoms with Gasteiger partial charge in [0.25, 0.3) is 0 Å². The van der Waals surface area contributed by atoms with Crippen molar-refractivity contribution >= 4 is 38.3 Å². The maximum absolute atomic E-state index is 12.9. The molecule has 1 aliphatic heterocycles. The number of anilines is 1. The largest absolute Gasteiger partial charge is 0.393 e. The highest BCUT2D eigenvalue weighted by Crippen LogP contribution is 2.34. The van der Waals surface area contributed by atoms with Crippen molar-refractivity contribution in [3.63, 3.8) is 0 Å². The van der Waals surface area contributed by atoms with Crippen LogP contribution in [0.5, 0.6) is 0 Å². The molecule has 11 heteroatoms. The number of rotatable bonds is 8. The number of aryl methyl sites for hydroxylation is 1. The lowest BCUT2D eigenvalue weighted by molar-refractivity contribution is -0.126. The van der Waals surface area contributed by atoms with Gasteiger partial charge in [0.1, 0.15) is 28.7 Å². The molecule has 6 rings (SSSR count). The number of thiophene rings is 1. The molecule has 3 aromatic heterocycles. The summed E-state index contributed by atoms with van der Waals surface area (Å²) in [6, 6.07) is 10.3. The van der Waals surface area contributed by atoms with Crippen molar-refractivity contribution in [1.82, 2.24) is 19.4 Å². The molecule has 1 saturated heterocycles. The van der Waals surface area contributed by atoms with E-state index in [1.165, 1.54) is 31.2 Å². The van der Waals surface area contributed by atoms with Crippen LogP contribution < -0.4 is 5.32 Å². The number of hydrogen-bond acceptors (Lipinski definition) is 7. The Bertz CT molecular complexity index is 1630. The van der Waals surface area contributed by atoms with Crippen LogP contribution in [0.25, 0.3) is 21.1 Å². The molecule has 1 unspecified atom stereocenters. The molecule has 1 atom stereocenters. The van der Waals surface area contributed by atoms with Crippen LogP contribution in [0.2, 0.25) is 0 Å². The van der Waals surface area contributed by atoms with E-state index in [1.54, 1.807) is 6.07 Å². The molecule has 2 aliphatic rings. The van der Waals surface area contributed by atoms with Gasteiger partial charge in [-0.15, -0.1) is 11.3 Å². The zero-order valence-corrected chi connectivity index (χ0v) is 25.1. The first-order chi connectivity index (χ1) is 20.7. The van der Waals surface area contributed by atoms with Crippen LogP contribution in [-0.2, 0) is 19.5 Å². The highest BCUT2D eigenvalue weighted by atomic mass is 32.1. The topological polar surface area (TPSA) is 90.0 Å². The van der Waals surface area contributed by atoms with Gasteiger partial charge in [0.05, 0.1) is 24.5 Å². The van der Waals surface area contributed by atoms with E-state index in [9.17, 15) is 23.5 Å². The minimum absolute atomic E-state index is 0.173. The third kappa shape index (κ3) is 6.66. The molecule has 2 N–H and O–H groups in total. The van der Waals surface area contributed by atoms with Gasteiger partial charge < -0.3 is 15.0 Å². The van der Waals surface area contributed by atoms with Crippen LogP contribution in [0, 0.1) is 24.2 Å². The van der Waals surface area contributed by atoms with Gasteiger partial charge in [-0.1, -0.05) is 25.3 Å². The second kappa shape index (κ2) is 12.4. The van der Waals surface area contributed by atoms with Crippen molar-refractivity contribution in [2.24, 2.45) is 5.92 Å². The van der Waals surface area contributed by atoms with Crippen LogP contribution in [0.1, 0.15) is 66.6 Å². The molecule has 0 bridgehead atoms. The number of fused-ring (bicyclic) bond motifs is 2. The molecular weight excluding hydrogens is 573 g/mol. The number of likely N-dealkylation sites (tertiary alicyclic amines) is 1. The maximum Gasteiger partial charge on any atom is 0.393 e. The molecule has 0 spiro atoms. The van der Waals surface area contributed by atoms with Crippen molar-refractivity contribution in [1.29, 1.82) is 5.26 Å². The smallest absolute Gasteiger partial charge is 0.391 e. The molecule has 1 saturated carbocycles. The van der Waals surface area contributed by atoms with Gasteiger partial charge in [0.15, 0.2) is 0 Å². The lowest BCUT2D eigenvalue weighted by Crippen LogP contribution is -2.39. The molecule has 43 heavy (non-hydrogen) atoms. The van der Waals surface area contributed by atoms with E-state index in [-0.39, 0.29) is 10.9 Å². The van der Waals surface area contributed by atoms with Gasteiger partial charge in [0.2, 0.25) is 0 Å². The summed E-state index contributed by atoms with van der Waals surface area (Å²) >= 11 is 1.07. The monoisotopic (exact) mass is 610 g/mol. The zero-order chi connectivity index (χ0) is 30.1. The number of aromatic nitrogens is 3. The van der Waals surface area contributed by atoms with Crippen LogP contribution in [-0.4, -0.2) is 56.0 Å². The van der Waals surface area contributed by atoms with Gasteiger partial charge in [-0.05, 0) is 67.9 Å². The lowest BCUT2D eigenvalue weighted by Gasteiger charge is -2.33. The predicted octanol–water partition coefficient (Wildman–Crippen LogP) is 6.95. The quantitative estimate of drug-likeness (QED) is 0.225. The fourth-order valence-electron chi connectivity index (χ4n) is 6.81. The molecule has 7 nitrogen and oxygen atoms in total. The Balaban J connectivity index is 1.10. The van der Waals surface area contributed by atoms with Crippen molar-refractivity contribution in [3.8, 4) is 6.07 Å². The highest BCUT2D eigenvalue weighted by molar-refractivity contribution is 7.18. The standard InChI is InChI=1S/C32H37F3N6OS/c1-20-22(7-8-28-26(20)13-24(16-36)41(28)18-29(42)21-5-3-2-4-6-21)17-40-11-9-23(10-12-40)39-30-27-14-25(15-32(33,34)35)43-31(27)38-19-37-30/h7-8,13-14,19,21,23,29,42H,2-6,9-12,15,17-18H2,1H3,(H,37,38,39). The van der Waals surface area contributed by atoms with E-state index in [0.717, 1.165) is 73.1 Å². The van der Waals surface area contributed by atoms with Gasteiger partial charge in [-0.3, -0.25) is 4.90 Å². The molecule has 228 valence electrons. The number of aliphatic hydroxyl groups excluding tert-OH is 1. The summed E-state index contributed by atoms with van der Waals surface area (Å²) in [5.74, 6) is 0.897. The molecule has 4 aromatic rings.